The molecule has 0 spiro atoms. The van der Waals surface area contributed by atoms with E-state index in [9.17, 15) is 30.3 Å². The third-order valence-corrected chi connectivity index (χ3v) is 6.01. The van der Waals surface area contributed by atoms with Crippen molar-refractivity contribution in [2.75, 3.05) is 13.2 Å². The molecule has 1 saturated carbocycles. The Morgan fingerprint density at radius 1 is 1.22 bits per heavy atom. The second kappa shape index (κ2) is 9.26. The van der Waals surface area contributed by atoms with E-state index in [-0.39, 0.29) is 23.7 Å². The van der Waals surface area contributed by atoms with Crippen LogP contribution in [0.3, 0.4) is 0 Å². The Labute approximate surface area is 160 Å². The number of hydrogen-bond acceptors (Lipinski definition) is 8. The van der Waals surface area contributed by atoms with E-state index in [1.54, 1.807) is 0 Å². The second-order valence-electron chi connectivity index (χ2n) is 8.75. The van der Waals surface area contributed by atoms with Crippen molar-refractivity contribution in [1.82, 2.24) is 0 Å². The van der Waals surface area contributed by atoms with E-state index in [2.05, 4.69) is 20.8 Å². The van der Waals surface area contributed by atoms with Gasteiger partial charge >= 0.3 is 0 Å². The third kappa shape index (κ3) is 5.47. The lowest BCUT2D eigenvalue weighted by atomic mass is 9.62. The third-order valence-electron chi connectivity index (χ3n) is 6.01. The van der Waals surface area contributed by atoms with Gasteiger partial charge in [0.2, 0.25) is 0 Å². The van der Waals surface area contributed by atoms with Crippen molar-refractivity contribution in [3.63, 3.8) is 0 Å². The van der Waals surface area contributed by atoms with Gasteiger partial charge in [-0.25, -0.2) is 0 Å². The summed E-state index contributed by atoms with van der Waals surface area (Å²) in [6.07, 6.45) is -5.12. The largest absolute Gasteiger partial charge is 0.394 e. The van der Waals surface area contributed by atoms with Crippen molar-refractivity contribution in [2.24, 2.45) is 17.3 Å². The quantitative estimate of drug-likeness (QED) is 0.396. The number of aliphatic hydroxyl groups excluding tert-OH is 5. The molecule has 1 aliphatic heterocycles. The van der Waals surface area contributed by atoms with Gasteiger partial charge in [0.05, 0.1) is 19.3 Å². The van der Waals surface area contributed by atoms with Crippen LogP contribution in [0.25, 0.3) is 0 Å². The first-order chi connectivity index (χ1) is 12.6. The summed E-state index contributed by atoms with van der Waals surface area (Å²) in [7, 11) is 0. The molecule has 0 radical (unpaired) electrons. The minimum absolute atomic E-state index is 0.105. The fraction of sp³-hybridized carbons (Fsp3) is 0.947. The van der Waals surface area contributed by atoms with Gasteiger partial charge in [0.25, 0.3) is 0 Å². The Hall–Kier alpha value is -0.610. The zero-order chi connectivity index (χ0) is 20.4. The molecule has 1 saturated heterocycles. The number of Topliss-reactive ketones (excluding diaryl/α,β-unsaturated/α-hetero) is 1. The molecule has 2 fully saturated rings. The zero-order valence-electron chi connectivity index (χ0n) is 16.3. The summed E-state index contributed by atoms with van der Waals surface area (Å²) >= 11 is 0. The van der Waals surface area contributed by atoms with E-state index in [0.717, 1.165) is 6.42 Å². The normalized spacial score (nSPS) is 40.7. The van der Waals surface area contributed by atoms with Crippen LogP contribution < -0.4 is 0 Å². The van der Waals surface area contributed by atoms with Gasteiger partial charge in [0.1, 0.15) is 30.2 Å². The highest BCUT2D eigenvalue weighted by molar-refractivity contribution is 5.80. The number of ketones is 1. The Morgan fingerprint density at radius 3 is 2.48 bits per heavy atom. The van der Waals surface area contributed by atoms with Crippen LogP contribution in [0.5, 0.6) is 0 Å². The number of hydrogen-bond donors (Lipinski definition) is 5. The molecule has 0 aromatic heterocycles. The summed E-state index contributed by atoms with van der Waals surface area (Å²) < 4.78 is 10.6. The molecule has 0 amide bonds. The molecule has 8 heteroatoms. The van der Waals surface area contributed by atoms with Crippen molar-refractivity contribution in [1.29, 1.82) is 0 Å². The standard InChI is InChI=1S/C19H34O8/c1-10-6-12(22)7-19(2,3)13(10)5-4-11(21)9-26-18-17(25)16(24)15(23)14(8-20)27-18/h10-11,13-18,20-21,23-25H,4-9H2,1-3H3. The first kappa shape index (κ1) is 22.7. The van der Waals surface area contributed by atoms with E-state index in [0.29, 0.717) is 25.2 Å². The minimum atomic E-state index is -1.50. The summed E-state index contributed by atoms with van der Waals surface area (Å²) in [6, 6.07) is 0. The maximum Gasteiger partial charge on any atom is 0.186 e. The summed E-state index contributed by atoms with van der Waals surface area (Å²) in [5.41, 5.74) is -0.105. The van der Waals surface area contributed by atoms with Crippen LogP contribution in [0.15, 0.2) is 0 Å². The Balaban J connectivity index is 1.82. The van der Waals surface area contributed by atoms with Crippen molar-refractivity contribution >= 4 is 5.78 Å². The van der Waals surface area contributed by atoms with E-state index in [1.165, 1.54) is 0 Å². The summed E-state index contributed by atoms with van der Waals surface area (Å²) in [4.78, 5) is 11.8. The highest BCUT2D eigenvalue weighted by atomic mass is 16.7. The lowest BCUT2D eigenvalue weighted by Gasteiger charge is -2.42. The predicted octanol–water partition coefficient (Wildman–Crippen LogP) is -0.415. The monoisotopic (exact) mass is 390 g/mol. The number of rotatable bonds is 7. The van der Waals surface area contributed by atoms with E-state index in [1.807, 2.05) is 0 Å². The molecule has 2 aliphatic rings. The molecule has 1 aliphatic carbocycles. The Kier molecular flexibility index (Phi) is 7.78. The molecule has 1 heterocycles. The Morgan fingerprint density at radius 2 is 1.89 bits per heavy atom. The molecule has 0 aromatic rings. The van der Waals surface area contributed by atoms with Crippen molar-refractivity contribution < 1.29 is 39.8 Å². The number of carbonyl (C=O) groups is 1. The molecular formula is C19H34O8. The average Bonchev–Trinajstić information content (AvgIpc) is 2.57. The Bertz CT molecular complexity index is 494. The van der Waals surface area contributed by atoms with Gasteiger partial charge in [-0.2, -0.15) is 0 Å². The maximum absolute atomic E-state index is 11.8. The molecule has 8 unspecified atom stereocenters. The van der Waals surface area contributed by atoms with Crippen molar-refractivity contribution in [3.05, 3.63) is 0 Å². The number of carbonyl (C=O) groups excluding carboxylic acids is 1. The first-order valence-corrected chi connectivity index (χ1v) is 9.68. The molecule has 5 N–H and O–H groups in total. The lowest BCUT2D eigenvalue weighted by molar-refractivity contribution is -0.304. The summed E-state index contributed by atoms with van der Waals surface area (Å²) in [5, 5.41) is 48.9. The molecule has 8 nitrogen and oxygen atoms in total. The van der Waals surface area contributed by atoms with Crippen LogP contribution in [-0.2, 0) is 14.3 Å². The maximum atomic E-state index is 11.8. The number of ether oxygens (including phenoxy) is 2. The van der Waals surface area contributed by atoms with Crippen molar-refractivity contribution in [2.45, 2.75) is 83.3 Å². The summed E-state index contributed by atoms with van der Waals surface area (Å²) in [6.45, 7) is 5.61. The van der Waals surface area contributed by atoms with Gasteiger partial charge < -0.3 is 35.0 Å². The molecule has 158 valence electrons. The highest BCUT2D eigenvalue weighted by Crippen LogP contribution is 2.44. The molecular weight excluding hydrogens is 356 g/mol. The zero-order valence-corrected chi connectivity index (χ0v) is 16.3. The topological polar surface area (TPSA) is 137 Å². The second-order valence-corrected chi connectivity index (χ2v) is 8.75. The lowest BCUT2D eigenvalue weighted by Crippen LogP contribution is -2.59. The van der Waals surface area contributed by atoms with Crippen LogP contribution in [0.1, 0.15) is 46.5 Å². The van der Waals surface area contributed by atoms with Gasteiger partial charge in [-0.1, -0.05) is 20.8 Å². The smallest absolute Gasteiger partial charge is 0.186 e. The van der Waals surface area contributed by atoms with Gasteiger partial charge in [-0.3, -0.25) is 4.79 Å². The van der Waals surface area contributed by atoms with Gasteiger partial charge in [0, 0.05) is 12.8 Å². The van der Waals surface area contributed by atoms with Crippen molar-refractivity contribution in [3.8, 4) is 0 Å². The molecule has 2 rings (SSSR count). The van der Waals surface area contributed by atoms with Gasteiger partial charge in [-0.15, -0.1) is 0 Å². The van der Waals surface area contributed by atoms with Crippen LogP contribution in [-0.4, -0.2) is 81.3 Å². The summed E-state index contributed by atoms with van der Waals surface area (Å²) in [5.74, 6) is 0.868. The number of aliphatic hydroxyl groups is 5. The SMILES string of the molecule is CC1CC(=O)CC(C)(C)C1CCC(O)COC1OC(CO)C(O)C(O)C1O. The fourth-order valence-corrected chi connectivity index (χ4v) is 4.52. The first-order valence-electron chi connectivity index (χ1n) is 9.68. The van der Waals surface area contributed by atoms with E-state index < -0.39 is 43.4 Å². The molecule has 27 heavy (non-hydrogen) atoms. The minimum Gasteiger partial charge on any atom is -0.394 e. The van der Waals surface area contributed by atoms with Crippen LogP contribution in [0, 0.1) is 17.3 Å². The van der Waals surface area contributed by atoms with E-state index in [4.69, 9.17) is 9.47 Å². The van der Waals surface area contributed by atoms with Crippen LogP contribution in [0.4, 0.5) is 0 Å². The molecule has 8 atom stereocenters. The molecule has 0 bridgehead atoms. The predicted molar refractivity (Wildman–Crippen MR) is 95.6 cm³/mol. The van der Waals surface area contributed by atoms with Gasteiger partial charge in [-0.05, 0) is 30.1 Å². The highest BCUT2D eigenvalue weighted by Gasteiger charge is 2.44. The van der Waals surface area contributed by atoms with E-state index >= 15 is 0 Å². The molecule has 0 aromatic carbocycles. The van der Waals surface area contributed by atoms with Crippen LogP contribution in [0.2, 0.25) is 0 Å². The van der Waals surface area contributed by atoms with Gasteiger partial charge in [0.15, 0.2) is 6.29 Å². The van der Waals surface area contributed by atoms with Crippen LogP contribution >= 0.6 is 0 Å². The fourth-order valence-electron chi connectivity index (χ4n) is 4.52. The average molecular weight is 390 g/mol.